The van der Waals surface area contributed by atoms with Crippen molar-refractivity contribution in [1.82, 2.24) is 0 Å². The normalized spacial score (nSPS) is 10.2. The number of hydrogen-bond donors (Lipinski definition) is 0. The number of ketones is 1. The van der Waals surface area contributed by atoms with Crippen LogP contribution in [0.5, 0.6) is 5.75 Å². The van der Waals surface area contributed by atoms with Gasteiger partial charge >= 0.3 is 5.97 Å². The van der Waals surface area contributed by atoms with Crippen LogP contribution in [0.2, 0.25) is 0 Å². The molecule has 0 unspecified atom stereocenters. The summed E-state index contributed by atoms with van der Waals surface area (Å²) >= 11 is 0. The van der Waals surface area contributed by atoms with Gasteiger partial charge in [0.15, 0.2) is 11.5 Å². The lowest BCUT2D eigenvalue weighted by Gasteiger charge is -2.09. The fourth-order valence-corrected chi connectivity index (χ4v) is 3.56. The summed E-state index contributed by atoms with van der Waals surface area (Å²) in [6.07, 6.45) is -0.656. The number of halogens is 2. The summed E-state index contributed by atoms with van der Waals surface area (Å²) in [6.45, 7) is 6.98. The van der Waals surface area contributed by atoms with E-state index in [4.69, 9.17) is 16.6 Å². The average Bonchev–Trinajstić information content (AvgIpc) is 2.89. The number of ether oxygens (including phenoxy) is 1. The minimum atomic E-state index is -0.912. The van der Waals surface area contributed by atoms with Gasteiger partial charge in [-0.1, -0.05) is 48.5 Å². The lowest BCUT2D eigenvalue weighted by molar-refractivity contribution is -0.133. The van der Waals surface area contributed by atoms with E-state index in [-0.39, 0.29) is 22.4 Å². The van der Waals surface area contributed by atoms with Gasteiger partial charge in [0.05, 0.1) is 18.2 Å². The van der Waals surface area contributed by atoms with E-state index in [1.54, 1.807) is 48.5 Å². The van der Waals surface area contributed by atoms with Crippen molar-refractivity contribution in [1.29, 1.82) is 5.26 Å². The Hall–Kier alpha value is -5.14. The van der Waals surface area contributed by atoms with E-state index < -0.39 is 29.8 Å². The first-order valence-corrected chi connectivity index (χ1v) is 10.7. The number of nitriles is 1. The fraction of sp³-hybridized carbons (Fsp3) is 0.0345. The molecule has 0 aliphatic rings. The maximum absolute atomic E-state index is 14.6. The third-order valence-corrected chi connectivity index (χ3v) is 5.40. The molecule has 4 aromatic carbocycles. The largest absolute Gasteiger partial charge is 0.426 e. The summed E-state index contributed by atoms with van der Waals surface area (Å²) in [7, 11) is 0. The Morgan fingerprint density at radius 1 is 0.833 bits per heavy atom. The zero-order valence-electron chi connectivity index (χ0n) is 18.7. The Morgan fingerprint density at radius 3 is 1.97 bits per heavy atom. The van der Waals surface area contributed by atoms with Crippen LogP contribution in [-0.4, -0.2) is 11.8 Å². The second kappa shape index (κ2) is 10.4. The van der Waals surface area contributed by atoms with Crippen LogP contribution in [0.25, 0.3) is 27.1 Å². The molecule has 0 spiro atoms. The summed E-state index contributed by atoms with van der Waals surface area (Å²) in [6, 6.07) is 22.4. The van der Waals surface area contributed by atoms with Crippen molar-refractivity contribution in [3.63, 3.8) is 0 Å². The Kier molecular flexibility index (Phi) is 6.95. The van der Waals surface area contributed by atoms with Crippen LogP contribution >= 0.6 is 0 Å². The molecule has 0 atom stereocenters. The van der Waals surface area contributed by atoms with E-state index in [1.165, 1.54) is 24.3 Å². The van der Waals surface area contributed by atoms with Gasteiger partial charge < -0.3 is 4.74 Å². The highest BCUT2D eigenvalue weighted by atomic mass is 19.1. The molecule has 5 nitrogen and oxygen atoms in total. The number of nitrogens with zero attached hydrogens (tertiary/aromatic N) is 2. The van der Waals surface area contributed by atoms with Gasteiger partial charge in [-0.3, -0.25) is 9.59 Å². The second-order valence-electron chi connectivity index (χ2n) is 7.76. The molecule has 174 valence electrons. The molecule has 0 bridgehead atoms. The zero-order chi connectivity index (χ0) is 25.7. The fourth-order valence-electron chi connectivity index (χ4n) is 3.56. The highest BCUT2D eigenvalue weighted by molar-refractivity contribution is 6.06. The van der Waals surface area contributed by atoms with Gasteiger partial charge in [0.1, 0.15) is 23.8 Å². The Morgan fingerprint density at radius 2 is 1.42 bits per heavy atom. The van der Waals surface area contributed by atoms with E-state index in [0.29, 0.717) is 22.4 Å². The molecule has 0 radical (unpaired) electrons. The molecule has 0 fully saturated rings. The van der Waals surface area contributed by atoms with Crippen molar-refractivity contribution in [2.45, 2.75) is 6.42 Å². The Labute approximate surface area is 205 Å². The molecule has 0 N–H and O–H groups in total. The molecule has 4 aromatic rings. The molecule has 0 amide bonds. The molecule has 0 saturated heterocycles. The van der Waals surface area contributed by atoms with E-state index in [0.717, 1.165) is 12.1 Å². The molecule has 0 aromatic heterocycles. The van der Waals surface area contributed by atoms with Gasteiger partial charge in [-0.05, 0) is 41.5 Å². The van der Waals surface area contributed by atoms with Crippen molar-refractivity contribution >= 4 is 17.4 Å². The van der Waals surface area contributed by atoms with E-state index >= 15 is 0 Å². The predicted octanol–water partition coefficient (Wildman–Crippen LogP) is 6.90. The number of carbonyl (C=O) groups is 2. The lowest BCUT2D eigenvalue weighted by atomic mass is 10.00. The molecule has 7 heteroatoms. The van der Waals surface area contributed by atoms with Crippen molar-refractivity contribution in [2.75, 3.05) is 0 Å². The minimum Gasteiger partial charge on any atom is -0.426 e. The first kappa shape index (κ1) is 24.0. The zero-order valence-corrected chi connectivity index (χ0v) is 18.7. The van der Waals surface area contributed by atoms with Gasteiger partial charge in [0.2, 0.25) is 0 Å². The van der Waals surface area contributed by atoms with Crippen molar-refractivity contribution in [3.05, 3.63) is 119 Å². The third-order valence-electron chi connectivity index (χ3n) is 5.40. The van der Waals surface area contributed by atoms with E-state index in [2.05, 4.69) is 4.85 Å². The van der Waals surface area contributed by atoms with Gasteiger partial charge in [-0.2, -0.15) is 5.26 Å². The molecule has 4 rings (SSSR count). The molecule has 0 saturated carbocycles. The molecular formula is C29H16F2N2O3. The van der Waals surface area contributed by atoms with Crippen molar-refractivity contribution in [3.8, 4) is 34.1 Å². The smallest absolute Gasteiger partial charge is 0.319 e. The maximum atomic E-state index is 14.6. The van der Waals surface area contributed by atoms with E-state index in [9.17, 15) is 18.4 Å². The number of Topliss-reactive ketones (excluding diaryl/α,β-unsaturated/α-hetero) is 1. The summed E-state index contributed by atoms with van der Waals surface area (Å²) < 4.78 is 34.3. The topological polar surface area (TPSA) is 71.5 Å². The summed E-state index contributed by atoms with van der Waals surface area (Å²) in [4.78, 5) is 28.0. The molecule has 0 aliphatic carbocycles. The van der Waals surface area contributed by atoms with Crippen molar-refractivity contribution < 1.29 is 23.1 Å². The molecular weight excluding hydrogens is 462 g/mol. The average molecular weight is 478 g/mol. The quantitative estimate of drug-likeness (QED) is 0.0994. The van der Waals surface area contributed by atoms with Crippen LogP contribution in [-0.2, 0) is 4.79 Å². The first-order chi connectivity index (χ1) is 17.4. The van der Waals surface area contributed by atoms with E-state index in [1.807, 2.05) is 6.07 Å². The molecule has 36 heavy (non-hydrogen) atoms. The molecule has 0 heterocycles. The Balaban J connectivity index is 1.42. The number of carbonyl (C=O) groups excluding carboxylic acids is 2. The third kappa shape index (κ3) is 5.32. The SMILES string of the molecule is [C-]#[N+]c1ccc(-c2ccc(OC(=O)CC(=O)c3ccc(-c4ccc(C#N)cc4)c(F)c3)cc2F)cc1. The number of esters is 1. The van der Waals surface area contributed by atoms with Gasteiger partial charge in [-0.15, -0.1) is 0 Å². The van der Waals surface area contributed by atoms with Gasteiger partial charge in [-0.25, -0.2) is 13.6 Å². The summed E-state index contributed by atoms with van der Waals surface area (Å²) in [5.41, 5.74) is 2.47. The van der Waals surface area contributed by atoms with Crippen LogP contribution in [0.4, 0.5) is 14.5 Å². The standard InChI is InChI=1S/C29H16F2N2O3/c1-33-22-9-6-20(7-10-22)25-13-11-23(15-27(25)31)36-29(35)16-28(34)21-8-12-24(26(30)14-21)19-4-2-18(17-32)3-5-19/h2-15H,16H2. The first-order valence-electron chi connectivity index (χ1n) is 10.7. The van der Waals surface area contributed by atoms with Crippen LogP contribution in [0, 0.1) is 29.5 Å². The maximum Gasteiger partial charge on any atom is 0.319 e. The predicted molar refractivity (Wildman–Crippen MR) is 129 cm³/mol. The Bertz CT molecular complexity index is 1550. The second-order valence-corrected chi connectivity index (χ2v) is 7.76. The van der Waals surface area contributed by atoms with Crippen LogP contribution in [0.3, 0.4) is 0 Å². The van der Waals surface area contributed by atoms with Crippen LogP contribution in [0.15, 0.2) is 84.9 Å². The number of hydrogen-bond acceptors (Lipinski definition) is 4. The van der Waals surface area contributed by atoms with Gasteiger partial charge in [0.25, 0.3) is 0 Å². The highest BCUT2D eigenvalue weighted by Gasteiger charge is 2.17. The number of benzene rings is 4. The lowest BCUT2D eigenvalue weighted by Crippen LogP contribution is -2.14. The number of rotatable bonds is 6. The summed E-state index contributed by atoms with van der Waals surface area (Å²) in [5.74, 6) is -2.93. The summed E-state index contributed by atoms with van der Waals surface area (Å²) in [5, 5.41) is 8.88. The minimum absolute atomic E-state index is 0.00812. The van der Waals surface area contributed by atoms with Crippen LogP contribution < -0.4 is 4.74 Å². The monoisotopic (exact) mass is 478 g/mol. The van der Waals surface area contributed by atoms with Gasteiger partial charge in [0, 0.05) is 22.8 Å². The van der Waals surface area contributed by atoms with Crippen LogP contribution in [0.1, 0.15) is 22.3 Å². The molecule has 0 aliphatic heterocycles. The van der Waals surface area contributed by atoms with Crippen molar-refractivity contribution in [2.24, 2.45) is 0 Å². The highest BCUT2D eigenvalue weighted by Crippen LogP contribution is 2.28.